The van der Waals surface area contributed by atoms with Gasteiger partial charge in [-0.3, -0.25) is 4.79 Å². The first-order valence-electron chi connectivity index (χ1n) is 6.07. The number of amides is 1. The Bertz CT molecular complexity index is 654. The molecular weight excluding hydrogens is 340 g/mol. The number of aliphatic hydroxyl groups is 1. The number of thiophene rings is 1. The minimum atomic E-state index is -0.176. The smallest absolute Gasteiger partial charge is 0.266 e. The number of nitrogens with zero attached hydrogens (tertiary/aromatic N) is 1. The maximum absolute atomic E-state index is 12.5. The predicted molar refractivity (Wildman–Crippen MR) is 87.1 cm³/mol. The molecule has 2 rings (SSSR count). The second-order valence-electron chi connectivity index (χ2n) is 4.22. The molecule has 0 fully saturated rings. The fourth-order valence-corrected chi connectivity index (χ4v) is 3.81. The number of hydrogen-bond acceptors (Lipinski definition) is 4. The Kier molecular flexibility index (Phi) is 4.80. The number of nitrogens with two attached hydrogens (primary N) is 1. The highest BCUT2D eigenvalue weighted by atomic mass is 79.9. The summed E-state index contributed by atoms with van der Waals surface area (Å²) in [5.74, 6) is -0.176. The van der Waals surface area contributed by atoms with Crippen molar-refractivity contribution in [2.45, 2.75) is 0 Å². The normalized spacial score (nSPS) is 10.7. The van der Waals surface area contributed by atoms with Crippen LogP contribution in [0.1, 0.15) is 9.67 Å². The lowest BCUT2D eigenvalue weighted by molar-refractivity contribution is 0.0748. The third-order valence-electron chi connectivity index (χ3n) is 2.90. The molecule has 0 atom stereocenters. The molecule has 3 N–H and O–H groups in total. The molecule has 0 aliphatic rings. The van der Waals surface area contributed by atoms with Gasteiger partial charge in [-0.1, -0.05) is 28.1 Å². The molecule has 2 aromatic rings. The second kappa shape index (κ2) is 6.39. The van der Waals surface area contributed by atoms with E-state index in [4.69, 9.17) is 10.8 Å². The summed E-state index contributed by atoms with van der Waals surface area (Å²) in [6.45, 7) is 4.18. The van der Waals surface area contributed by atoms with Crippen LogP contribution in [0.2, 0.25) is 0 Å². The standard InChI is InChI=1S/C14H15BrN2O2S/c1-2-6-17(7-8-18)14(19)13-12(16)11-9(15)4-3-5-10(11)20-13/h2-5,18H,1,6-8,16H2. The van der Waals surface area contributed by atoms with Gasteiger partial charge in [0.1, 0.15) is 4.88 Å². The van der Waals surface area contributed by atoms with Crippen LogP contribution in [0.5, 0.6) is 0 Å². The Morgan fingerprint density at radius 3 is 2.90 bits per heavy atom. The van der Waals surface area contributed by atoms with Crippen LogP contribution in [0.4, 0.5) is 5.69 Å². The van der Waals surface area contributed by atoms with Crippen molar-refractivity contribution >= 4 is 48.9 Å². The zero-order chi connectivity index (χ0) is 14.7. The average molecular weight is 355 g/mol. The third-order valence-corrected chi connectivity index (χ3v) is 4.72. The van der Waals surface area contributed by atoms with Crippen LogP contribution in [0, 0.1) is 0 Å². The first-order chi connectivity index (χ1) is 9.60. The van der Waals surface area contributed by atoms with Crippen molar-refractivity contribution in [2.75, 3.05) is 25.4 Å². The highest BCUT2D eigenvalue weighted by Crippen LogP contribution is 2.38. The predicted octanol–water partition coefficient (Wildman–Crippen LogP) is 2.87. The zero-order valence-corrected chi connectivity index (χ0v) is 13.2. The van der Waals surface area contributed by atoms with Crippen molar-refractivity contribution in [3.63, 3.8) is 0 Å². The van der Waals surface area contributed by atoms with E-state index in [0.717, 1.165) is 14.6 Å². The summed E-state index contributed by atoms with van der Waals surface area (Å²) >= 11 is 4.82. The lowest BCUT2D eigenvalue weighted by atomic mass is 10.2. The number of halogens is 1. The summed E-state index contributed by atoms with van der Waals surface area (Å²) in [6.07, 6.45) is 1.63. The number of rotatable bonds is 5. The van der Waals surface area contributed by atoms with Gasteiger partial charge >= 0.3 is 0 Å². The van der Waals surface area contributed by atoms with Gasteiger partial charge in [0.2, 0.25) is 0 Å². The van der Waals surface area contributed by atoms with E-state index in [0.29, 0.717) is 17.1 Å². The molecule has 0 aliphatic carbocycles. The van der Waals surface area contributed by atoms with Crippen molar-refractivity contribution in [1.29, 1.82) is 0 Å². The number of fused-ring (bicyclic) bond motifs is 1. The van der Waals surface area contributed by atoms with E-state index in [2.05, 4.69) is 22.5 Å². The first-order valence-corrected chi connectivity index (χ1v) is 7.68. The van der Waals surface area contributed by atoms with Crippen LogP contribution < -0.4 is 5.73 Å². The van der Waals surface area contributed by atoms with Crippen molar-refractivity contribution in [3.8, 4) is 0 Å². The van der Waals surface area contributed by atoms with Gasteiger partial charge in [0.25, 0.3) is 5.91 Å². The summed E-state index contributed by atoms with van der Waals surface area (Å²) in [7, 11) is 0. The van der Waals surface area contributed by atoms with Crippen LogP contribution in [0.3, 0.4) is 0 Å². The van der Waals surface area contributed by atoms with Gasteiger partial charge in [0.15, 0.2) is 0 Å². The Balaban J connectivity index is 2.46. The molecule has 1 amide bonds. The molecule has 0 aliphatic heterocycles. The Morgan fingerprint density at radius 1 is 1.55 bits per heavy atom. The Morgan fingerprint density at radius 2 is 2.30 bits per heavy atom. The average Bonchev–Trinajstić information content (AvgIpc) is 2.76. The molecule has 6 heteroatoms. The SMILES string of the molecule is C=CCN(CCO)C(=O)c1sc2cccc(Br)c2c1N. The van der Waals surface area contributed by atoms with Gasteiger partial charge in [-0.25, -0.2) is 0 Å². The van der Waals surface area contributed by atoms with Gasteiger partial charge < -0.3 is 15.7 Å². The van der Waals surface area contributed by atoms with Gasteiger partial charge in [-0.15, -0.1) is 17.9 Å². The number of nitrogen functional groups attached to an aromatic ring is 1. The molecule has 0 bridgehead atoms. The number of aliphatic hydroxyl groups excluding tert-OH is 1. The van der Waals surface area contributed by atoms with Crippen LogP contribution >= 0.6 is 27.3 Å². The zero-order valence-electron chi connectivity index (χ0n) is 10.8. The van der Waals surface area contributed by atoms with Gasteiger partial charge in [0, 0.05) is 27.6 Å². The topological polar surface area (TPSA) is 66.6 Å². The summed E-state index contributed by atoms with van der Waals surface area (Å²) in [5, 5.41) is 9.91. The molecule has 0 radical (unpaired) electrons. The van der Waals surface area contributed by atoms with Gasteiger partial charge in [0.05, 0.1) is 12.3 Å². The summed E-state index contributed by atoms with van der Waals surface area (Å²) in [6, 6.07) is 5.74. The van der Waals surface area contributed by atoms with Gasteiger partial charge in [-0.05, 0) is 12.1 Å². The van der Waals surface area contributed by atoms with Crippen LogP contribution in [0.15, 0.2) is 35.3 Å². The van der Waals surface area contributed by atoms with Crippen molar-refractivity contribution < 1.29 is 9.90 Å². The van der Waals surface area contributed by atoms with Gasteiger partial charge in [-0.2, -0.15) is 0 Å². The molecule has 4 nitrogen and oxygen atoms in total. The molecule has 0 unspecified atom stereocenters. The molecule has 0 saturated carbocycles. The molecule has 0 saturated heterocycles. The summed E-state index contributed by atoms with van der Waals surface area (Å²) in [5.41, 5.74) is 6.60. The van der Waals surface area contributed by atoms with Crippen molar-refractivity contribution in [1.82, 2.24) is 4.90 Å². The van der Waals surface area contributed by atoms with E-state index in [1.54, 1.807) is 6.08 Å². The lowest BCUT2D eigenvalue weighted by Crippen LogP contribution is -2.33. The third kappa shape index (κ3) is 2.72. The number of hydrogen-bond donors (Lipinski definition) is 2. The highest BCUT2D eigenvalue weighted by Gasteiger charge is 2.22. The molecule has 1 aromatic heterocycles. The minimum Gasteiger partial charge on any atom is -0.397 e. The monoisotopic (exact) mass is 354 g/mol. The number of benzene rings is 1. The molecule has 1 heterocycles. The fourth-order valence-electron chi connectivity index (χ4n) is 1.98. The van der Waals surface area contributed by atoms with E-state index in [1.165, 1.54) is 16.2 Å². The van der Waals surface area contributed by atoms with Crippen LogP contribution in [0.25, 0.3) is 10.1 Å². The van der Waals surface area contributed by atoms with Crippen molar-refractivity contribution in [3.05, 3.63) is 40.2 Å². The maximum atomic E-state index is 12.5. The maximum Gasteiger partial charge on any atom is 0.266 e. The van der Waals surface area contributed by atoms with Crippen LogP contribution in [-0.4, -0.2) is 35.6 Å². The van der Waals surface area contributed by atoms with E-state index in [-0.39, 0.29) is 19.1 Å². The van der Waals surface area contributed by atoms with E-state index < -0.39 is 0 Å². The van der Waals surface area contributed by atoms with E-state index >= 15 is 0 Å². The quantitative estimate of drug-likeness (QED) is 0.811. The number of carbonyl (C=O) groups excluding carboxylic acids is 1. The number of anilines is 1. The second-order valence-corrected chi connectivity index (χ2v) is 6.13. The molecule has 1 aromatic carbocycles. The minimum absolute atomic E-state index is 0.0892. The van der Waals surface area contributed by atoms with E-state index in [1.807, 2.05) is 18.2 Å². The van der Waals surface area contributed by atoms with Crippen LogP contribution in [-0.2, 0) is 0 Å². The first kappa shape index (κ1) is 15.0. The molecule has 0 spiro atoms. The molecule has 20 heavy (non-hydrogen) atoms. The number of carbonyl (C=O) groups is 1. The molecular formula is C14H15BrN2O2S. The van der Waals surface area contributed by atoms with E-state index in [9.17, 15) is 4.79 Å². The largest absolute Gasteiger partial charge is 0.397 e. The van der Waals surface area contributed by atoms with Crippen molar-refractivity contribution in [2.24, 2.45) is 0 Å². The lowest BCUT2D eigenvalue weighted by Gasteiger charge is -2.19. The Labute approximate surface area is 129 Å². The fraction of sp³-hybridized carbons (Fsp3) is 0.214. The summed E-state index contributed by atoms with van der Waals surface area (Å²) in [4.78, 5) is 14.5. The molecule has 106 valence electrons. The highest BCUT2D eigenvalue weighted by molar-refractivity contribution is 9.10. The summed E-state index contributed by atoms with van der Waals surface area (Å²) < 4.78 is 1.84. The Hall–Kier alpha value is -1.37.